The summed E-state index contributed by atoms with van der Waals surface area (Å²) in [6.45, 7) is 16.8. The predicted molar refractivity (Wildman–Crippen MR) is 140 cm³/mol. The quantitative estimate of drug-likeness (QED) is 0.288. The van der Waals surface area contributed by atoms with Crippen LogP contribution in [0.15, 0.2) is 0 Å². The molecule has 0 N–H and O–H groups in total. The molecule has 0 aromatic rings. The number of hydrogen-bond donors (Lipinski definition) is 0. The van der Waals surface area contributed by atoms with Gasteiger partial charge in [0.25, 0.3) is 0 Å². The van der Waals surface area contributed by atoms with Crippen molar-refractivity contribution in [2.45, 2.75) is 0 Å². The average Bonchev–Trinajstić information content (AvgIpc) is 2.24. The molecule has 0 bridgehead atoms. The van der Waals surface area contributed by atoms with Gasteiger partial charge in [0.05, 0.1) is 20.0 Å². The van der Waals surface area contributed by atoms with Gasteiger partial charge in [0.1, 0.15) is 0 Å². The first-order chi connectivity index (χ1) is 9.55. The monoisotopic (exact) mass is 741 g/mol. The van der Waals surface area contributed by atoms with Crippen LogP contribution in [-0.2, 0) is 4.92 Å². The van der Waals surface area contributed by atoms with Crippen LogP contribution in [0.25, 0.3) is 0 Å². The van der Waals surface area contributed by atoms with Gasteiger partial charge in [-0.3, -0.25) is 14.0 Å². The topological polar surface area (TPSA) is 9.72 Å². The van der Waals surface area contributed by atoms with Crippen LogP contribution in [0.4, 0.5) is 0 Å². The van der Waals surface area contributed by atoms with E-state index in [0.717, 1.165) is 20.0 Å². The second-order valence-electron chi connectivity index (χ2n) is 7.00. The maximum absolute atomic E-state index is 4.39. The molecule has 134 valence electrons. The van der Waals surface area contributed by atoms with E-state index in [9.17, 15) is 0 Å². The Hall–Kier alpha value is 3.55. The summed E-state index contributed by atoms with van der Waals surface area (Å²) >= 11 is 7.39. The minimum atomic E-state index is -1.22. The van der Waals surface area contributed by atoms with E-state index in [-0.39, 0.29) is 4.92 Å². The first kappa shape index (κ1) is 25.6. The summed E-state index contributed by atoms with van der Waals surface area (Å²) in [6.07, 6.45) is 13.2. The first-order valence-electron chi connectivity index (χ1n) is 6.64. The van der Waals surface area contributed by atoms with E-state index in [4.69, 9.17) is 0 Å². The molecule has 0 saturated carbocycles. The van der Waals surface area contributed by atoms with E-state index in [0.29, 0.717) is 0 Å². The Bertz CT molecular complexity index is 422. The second-order valence-corrected chi connectivity index (χ2v) is 53.8. The Balaban J connectivity index is 0.000000980. The number of rotatable bonds is 3. The zero-order valence-electron chi connectivity index (χ0n) is 14.5. The molecule has 0 aromatic carbocycles. The maximum atomic E-state index is 4.39. The summed E-state index contributed by atoms with van der Waals surface area (Å²) in [7, 11) is -3.67. The summed E-state index contributed by atoms with van der Waals surface area (Å²) in [5.41, 5.74) is 0. The average molecular weight is 741 g/mol. The Labute approximate surface area is 176 Å². The van der Waals surface area contributed by atoms with Crippen molar-refractivity contribution < 1.29 is 4.92 Å². The molecule has 0 aliphatic carbocycles. The molecule has 0 atom stereocenters. The van der Waals surface area contributed by atoms with Crippen molar-refractivity contribution >= 4 is 99.9 Å². The van der Waals surface area contributed by atoms with Crippen LogP contribution >= 0.6 is 81.0 Å². The van der Waals surface area contributed by atoms with E-state index in [2.05, 4.69) is 133 Å². The molecule has 0 aromatic heterocycles. The van der Waals surface area contributed by atoms with E-state index in [1.54, 1.807) is 0 Å². The fraction of sp³-hybridized carbons (Fsp3) is 0.750. The van der Waals surface area contributed by atoms with Crippen LogP contribution in [0.3, 0.4) is 0 Å². The molecule has 10 heteroatoms. The second kappa shape index (κ2) is 10.2. The third kappa shape index (κ3) is 10.6. The van der Waals surface area contributed by atoms with Crippen molar-refractivity contribution in [1.82, 2.24) is 14.0 Å². The van der Waals surface area contributed by atoms with Crippen molar-refractivity contribution in [2.24, 2.45) is 0 Å². The van der Waals surface area contributed by atoms with Crippen molar-refractivity contribution in [3.8, 4) is 0 Å². The van der Waals surface area contributed by atoms with Gasteiger partial charge >= 0.3 is 64.9 Å². The first-order valence-corrected chi connectivity index (χ1v) is 28.6. The van der Waals surface area contributed by atoms with Crippen LogP contribution in [0.5, 0.6) is 0 Å². The summed E-state index contributed by atoms with van der Waals surface area (Å²) in [5.74, 6) is 0. The molecule has 1 rings (SSSR count). The molecular weight excluding hydrogens is 711 g/mol. The normalized spacial score (nSPS) is 19.9. The molecule has 3 nitrogen and oxygen atoms in total. The summed E-state index contributed by atoms with van der Waals surface area (Å²) < 4.78 is 7.61. The van der Waals surface area contributed by atoms with Crippen LogP contribution in [0, 0.1) is 0 Å². The van der Waals surface area contributed by atoms with Crippen molar-refractivity contribution in [2.75, 3.05) is 60.0 Å². The van der Waals surface area contributed by atoms with E-state index in [1.807, 2.05) is 0 Å². The molecule has 0 amide bonds. The number of nitrogens with zero attached hydrogens (tertiary/aromatic N) is 3. The molecule has 1 fully saturated rings. The molecule has 22 heavy (non-hydrogen) atoms. The van der Waals surface area contributed by atoms with Gasteiger partial charge in [-0.25, -0.2) is 0 Å². The molecule has 1 aliphatic heterocycles. The molecule has 1 saturated heterocycles. The minimum absolute atomic E-state index is 0.278. The van der Waals surface area contributed by atoms with Gasteiger partial charge in [-0.15, -0.1) is 0 Å². The van der Waals surface area contributed by atoms with Gasteiger partial charge in [0.15, 0.2) is 0 Å². The summed E-state index contributed by atoms with van der Waals surface area (Å²) in [4.78, 5) is -0.278. The molecule has 0 radical (unpaired) electrons. The van der Waals surface area contributed by atoms with Crippen molar-refractivity contribution in [1.29, 1.82) is 0 Å². The van der Waals surface area contributed by atoms with E-state index >= 15 is 0 Å². The standard InChI is InChI=1S/C12H30N3P3.3HI.V/c1-16(2,3)13-10-14(17(4,5)6)12-15(11-13)18(7,8)9;;;;/h1,4,7,10-12H2,2-3,5-6,8-9H3;3*1H;/q;;;;+3/p-3. The molecule has 1 aliphatic rings. The third-order valence-electron chi connectivity index (χ3n) is 3.28. The number of halogens is 3. The third-order valence-corrected chi connectivity index (χ3v) is 8.63. The van der Waals surface area contributed by atoms with Gasteiger partial charge in [-0.2, -0.15) is 0 Å². The fourth-order valence-electron chi connectivity index (χ4n) is 1.73. The van der Waals surface area contributed by atoms with Crippen LogP contribution in [0.1, 0.15) is 0 Å². The molecule has 1 heterocycles. The Kier molecular flexibility index (Phi) is 11.8. The molecular formula is C12H30I3N3P3V. The van der Waals surface area contributed by atoms with Gasteiger partial charge in [-0.1, -0.05) is 40.0 Å². The molecule has 0 unspecified atom stereocenters. The van der Waals surface area contributed by atoms with Crippen molar-refractivity contribution in [3.05, 3.63) is 0 Å². The van der Waals surface area contributed by atoms with Crippen molar-refractivity contribution in [3.63, 3.8) is 0 Å². The van der Waals surface area contributed by atoms with Gasteiger partial charge in [-0.05, 0) is 40.0 Å². The van der Waals surface area contributed by atoms with Gasteiger partial charge in [0.2, 0.25) is 0 Å². The van der Waals surface area contributed by atoms with Gasteiger partial charge in [0, 0.05) is 0 Å². The Morgan fingerprint density at radius 1 is 0.636 bits per heavy atom. The number of hydrogen-bond acceptors (Lipinski definition) is 3. The fourth-order valence-corrected chi connectivity index (χ4v) is 5.00. The van der Waals surface area contributed by atoms with Crippen LogP contribution in [-0.4, -0.2) is 92.9 Å². The van der Waals surface area contributed by atoms with Crippen LogP contribution in [0.2, 0.25) is 0 Å². The Morgan fingerprint density at radius 2 is 0.773 bits per heavy atom. The van der Waals surface area contributed by atoms with E-state index in [1.165, 1.54) is 0 Å². The SMILES string of the molecule is C=P(C)(C)N1CN(P(=C)(C)C)CN(P(=C)(C)C)C1.[I][V]([I])[I]. The van der Waals surface area contributed by atoms with Gasteiger partial charge < -0.3 is 0 Å². The van der Waals surface area contributed by atoms with E-state index < -0.39 is 21.1 Å². The summed E-state index contributed by atoms with van der Waals surface area (Å²) in [6, 6.07) is 0. The summed E-state index contributed by atoms with van der Waals surface area (Å²) in [5, 5.41) is 0. The van der Waals surface area contributed by atoms with Crippen LogP contribution < -0.4 is 0 Å². The molecule has 0 spiro atoms. The zero-order valence-corrected chi connectivity index (χ0v) is 25.1. The Morgan fingerprint density at radius 3 is 0.864 bits per heavy atom. The zero-order chi connectivity index (χ0) is 17.9. The predicted octanol–water partition coefficient (Wildman–Crippen LogP) is 5.31.